The summed E-state index contributed by atoms with van der Waals surface area (Å²) in [6.07, 6.45) is -4.48. The summed E-state index contributed by atoms with van der Waals surface area (Å²) in [6, 6.07) is 3.63. The largest absolute Gasteiger partial charge is 0.413 e. The third-order valence-electron chi connectivity index (χ3n) is 4.34. The van der Waals surface area contributed by atoms with Crippen molar-refractivity contribution in [1.82, 2.24) is 4.90 Å². The summed E-state index contributed by atoms with van der Waals surface area (Å²) in [5, 5.41) is 0. The van der Waals surface area contributed by atoms with Gasteiger partial charge < -0.3 is 4.90 Å². The Labute approximate surface area is 153 Å². The molecule has 0 radical (unpaired) electrons. The van der Waals surface area contributed by atoms with E-state index < -0.39 is 33.9 Å². The van der Waals surface area contributed by atoms with Crippen molar-refractivity contribution in [3.63, 3.8) is 0 Å². The molecule has 1 amide bonds. The van der Waals surface area contributed by atoms with Crippen molar-refractivity contribution < 1.29 is 26.4 Å². The molecule has 140 valence electrons. The third-order valence-corrected chi connectivity index (χ3v) is 6.58. The molecule has 1 heterocycles. The van der Waals surface area contributed by atoms with E-state index in [1.54, 1.807) is 0 Å². The van der Waals surface area contributed by atoms with Gasteiger partial charge in [0.15, 0.2) is 6.04 Å². The smallest absolute Gasteiger partial charge is 0.327 e. The molecule has 0 aromatic heterocycles. The Morgan fingerprint density at radius 2 is 1.76 bits per heavy atom. The van der Waals surface area contributed by atoms with Crippen LogP contribution in [0.3, 0.4) is 0 Å². The average Bonchev–Trinajstić information content (AvgIpc) is 2.52. The Balaban J connectivity index is 2.30. The van der Waals surface area contributed by atoms with E-state index in [4.69, 9.17) is 0 Å². The van der Waals surface area contributed by atoms with Gasteiger partial charge in [0.1, 0.15) is 9.84 Å². The lowest BCUT2D eigenvalue weighted by Crippen LogP contribution is -2.46. The standard InChI is InChI=1S/C16H19BrF3NO3S/c1-2-21(15(22)12-7-9-25(23,24)10-8-12)14(16(18,19)20)11-3-5-13(17)6-4-11/h3-6,12,14H,2,7-10H2,1H3/t14-/m0/s1. The third kappa shape index (κ3) is 4.97. The number of halogens is 4. The molecule has 0 spiro atoms. The SMILES string of the molecule is CCN(C(=O)C1CCS(=O)(=O)CC1)[C@@H](c1ccc(Br)cc1)C(F)(F)F. The molecule has 0 saturated carbocycles. The van der Waals surface area contributed by atoms with E-state index in [0.29, 0.717) is 4.47 Å². The van der Waals surface area contributed by atoms with Crippen LogP contribution in [0.1, 0.15) is 31.4 Å². The summed E-state index contributed by atoms with van der Waals surface area (Å²) in [6.45, 7) is 1.39. The summed E-state index contributed by atoms with van der Waals surface area (Å²) in [5.41, 5.74) is -0.0191. The number of nitrogens with zero attached hydrogens (tertiary/aromatic N) is 1. The van der Waals surface area contributed by atoms with Crippen LogP contribution < -0.4 is 0 Å². The maximum atomic E-state index is 13.7. The molecule has 1 saturated heterocycles. The van der Waals surface area contributed by atoms with E-state index in [2.05, 4.69) is 15.9 Å². The zero-order valence-corrected chi connectivity index (χ0v) is 16.0. The van der Waals surface area contributed by atoms with E-state index in [0.717, 1.165) is 4.90 Å². The fourth-order valence-electron chi connectivity index (χ4n) is 3.03. The minimum atomic E-state index is -4.62. The first-order chi connectivity index (χ1) is 11.5. The highest BCUT2D eigenvalue weighted by Gasteiger charge is 2.47. The van der Waals surface area contributed by atoms with E-state index in [-0.39, 0.29) is 36.5 Å². The number of sulfone groups is 1. The number of carbonyl (C=O) groups excluding carboxylic acids is 1. The number of carbonyl (C=O) groups is 1. The monoisotopic (exact) mass is 441 g/mol. The molecule has 1 aliphatic heterocycles. The minimum absolute atomic E-state index is 0.0191. The summed E-state index contributed by atoms with van der Waals surface area (Å²) in [4.78, 5) is 13.5. The Hall–Kier alpha value is -1.09. The number of benzene rings is 1. The van der Waals surface area contributed by atoms with Crippen LogP contribution in [0.4, 0.5) is 13.2 Å². The molecule has 0 aliphatic carbocycles. The van der Waals surface area contributed by atoms with Crippen molar-refractivity contribution in [1.29, 1.82) is 0 Å². The van der Waals surface area contributed by atoms with Crippen LogP contribution in [0.5, 0.6) is 0 Å². The molecule has 9 heteroatoms. The van der Waals surface area contributed by atoms with Gasteiger partial charge in [0, 0.05) is 16.9 Å². The summed E-state index contributed by atoms with van der Waals surface area (Å²) >= 11 is 3.18. The van der Waals surface area contributed by atoms with Crippen LogP contribution in [0.15, 0.2) is 28.7 Å². The second-order valence-corrected chi connectivity index (χ2v) is 9.27. The molecular formula is C16H19BrF3NO3S. The van der Waals surface area contributed by atoms with Gasteiger partial charge in [-0.3, -0.25) is 4.79 Å². The summed E-state index contributed by atoms with van der Waals surface area (Å²) in [5.74, 6) is -1.64. The number of hydrogen-bond donors (Lipinski definition) is 0. The number of amides is 1. The topological polar surface area (TPSA) is 54.5 Å². The highest BCUT2D eigenvalue weighted by atomic mass is 79.9. The fourth-order valence-corrected chi connectivity index (χ4v) is 4.78. The zero-order chi connectivity index (χ0) is 18.8. The van der Waals surface area contributed by atoms with Crippen LogP contribution in [0, 0.1) is 5.92 Å². The minimum Gasteiger partial charge on any atom is -0.327 e. The molecular weight excluding hydrogens is 423 g/mol. The molecule has 4 nitrogen and oxygen atoms in total. The van der Waals surface area contributed by atoms with Crippen molar-refractivity contribution in [3.05, 3.63) is 34.3 Å². The molecule has 1 fully saturated rings. The van der Waals surface area contributed by atoms with Crippen LogP contribution in [-0.2, 0) is 14.6 Å². The average molecular weight is 442 g/mol. The van der Waals surface area contributed by atoms with Gasteiger partial charge in [0.2, 0.25) is 5.91 Å². The lowest BCUT2D eigenvalue weighted by Gasteiger charge is -2.36. The lowest BCUT2D eigenvalue weighted by molar-refractivity contribution is -0.193. The van der Waals surface area contributed by atoms with Gasteiger partial charge in [-0.15, -0.1) is 0 Å². The van der Waals surface area contributed by atoms with E-state index in [1.807, 2.05) is 0 Å². The van der Waals surface area contributed by atoms with Crippen molar-refractivity contribution in [3.8, 4) is 0 Å². The van der Waals surface area contributed by atoms with E-state index in [1.165, 1.54) is 31.2 Å². The summed E-state index contributed by atoms with van der Waals surface area (Å²) < 4.78 is 64.7. The van der Waals surface area contributed by atoms with Crippen LogP contribution in [0.2, 0.25) is 0 Å². The van der Waals surface area contributed by atoms with Gasteiger partial charge >= 0.3 is 6.18 Å². The van der Waals surface area contributed by atoms with Gasteiger partial charge in [-0.25, -0.2) is 8.42 Å². The van der Waals surface area contributed by atoms with Crippen molar-refractivity contribution in [2.75, 3.05) is 18.1 Å². The van der Waals surface area contributed by atoms with Gasteiger partial charge in [-0.1, -0.05) is 28.1 Å². The highest BCUT2D eigenvalue weighted by Crippen LogP contribution is 2.39. The van der Waals surface area contributed by atoms with Crippen LogP contribution >= 0.6 is 15.9 Å². The van der Waals surface area contributed by atoms with Crippen LogP contribution in [-0.4, -0.2) is 43.5 Å². The molecule has 25 heavy (non-hydrogen) atoms. The Bertz CT molecular complexity index is 705. The maximum Gasteiger partial charge on any atom is 0.413 e. The van der Waals surface area contributed by atoms with Gasteiger partial charge in [0.25, 0.3) is 0 Å². The molecule has 0 N–H and O–H groups in total. The second-order valence-electron chi connectivity index (χ2n) is 6.05. The van der Waals surface area contributed by atoms with Gasteiger partial charge in [-0.05, 0) is 37.5 Å². The Kier molecular flexibility index (Phi) is 6.19. The molecule has 1 aliphatic rings. The lowest BCUT2D eigenvalue weighted by atomic mass is 9.97. The highest BCUT2D eigenvalue weighted by molar-refractivity contribution is 9.10. The zero-order valence-electron chi connectivity index (χ0n) is 13.6. The summed E-state index contributed by atoms with van der Waals surface area (Å²) in [7, 11) is -3.19. The van der Waals surface area contributed by atoms with Crippen LogP contribution in [0.25, 0.3) is 0 Å². The molecule has 1 atom stereocenters. The van der Waals surface area contributed by atoms with Gasteiger partial charge in [0.05, 0.1) is 11.5 Å². The first kappa shape index (κ1) is 20.2. The number of alkyl halides is 3. The molecule has 1 aromatic carbocycles. The van der Waals surface area contributed by atoms with Crippen molar-refractivity contribution in [2.24, 2.45) is 5.92 Å². The Morgan fingerprint density at radius 1 is 1.24 bits per heavy atom. The first-order valence-corrected chi connectivity index (χ1v) is 10.5. The molecule has 0 bridgehead atoms. The van der Waals surface area contributed by atoms with E-state index >= 15 is 0 Å². The molecule has 1 aromatic rings. The van der Waals surface area contributed by atoms with E-state index in [9.17, 15) is 26.4 Å². The van der Waals surface area contributed by atoms with Crippen molar-refractivity contribution >= 4 is 31.7 Å². The molecule has 2 rings (SSSR count). The molecule has 0 unspecified atom stereocenters. The first-order valence-electron chi connectivity index (χ1n) is 7.88. The Morgan fingerprint density at radius 3 is 2.20 bits per heavy atom. The number of hydrogen-bond acceptors (Lipinski definition) is 3. The quantitative estimate of drug-likeness (QED) is 0.715. The second kappa shape index (κ2) is 7.65. The fraction of sp³-hybridized carbons (Fsp3) is 0.562. The number of rotatable bonds is 4. The normalized spacial score (nSPS) is 19.4. The predicted octanol–water partition coefficient (Wildman–Crippen LogP) is 3.73. The predicted molar refractivity (Wildman–Crippen MR) is 91.7 cm³/mol. The maximum absolute atomic E-state index is 13.7. The van der Waals surface area contributed by atoms with Gasteiger partial charge in [-0.2, -0.15) is 13.2 Å². The van der Waals surface area contributed by atoms with Crippen molar-refractivity contribution in [2.45, 2.75) is 32.0 Å².